The molecule has 1 amide bonds. The lowest BCUT2D eigenvalue weighted by molar-refractivity contribution is -0.116. The highest BCUT2D eigenvalue weighted by atomic mass is 32.2. The third-order valence-electron chi connectivity index (χ3n) is 4.57. The first-order valence-corrected chi connectivity index (χ1v) is 9.85. The minimum absolute atomic E-state index is 0.181. The normalized spacial score (nSPS) is 17.7. The Bertz CT molecular complexity index is 1110. The predicted octanol–water partition coefficient (Wildman–Crippen LogP) is 2.07. The molecule has 0 aliphatic carbocycles. The van der Waals surface area contributed by atoms with Crippen LogP contribution < -0.4 is 20.6 Å². The maximum atomic E-state index is 12.9. The van der Waals surface area contributed by atoms with Crippen LogP contribution in [0.5, 0.6) is 5.75 Å². The molecule has 28 heavy (non-hydrogen) atoms. The number of thioether (sulfide) groups is 1. The number of carbonyl (C=O) groups is 1. The van der Waals surface area contributed by atoms with Gasteiger partial charge in [0.1, 0.15) is 11.4 Å². The second kappa shape index (κ2) is 7.52. The first kappa shape index (κ1) is 18.3. The van der Waals surface area contributed by atoms with Crippen LogP contribution in [0.25, 0.3) is 5.70 Å². The number of benzene rings is 2. The minimum Gasteiger partial charge on any atom is -0.496 e. The summed E-state index contributed by atoms with van der Waals surface area (Å²) in [5, 5.41) is 11.4. The summed E-state index contributed by atoms with van der Waals surface area (Å²) in [6, 6.07) is 13.5. The first-order valence-electron chi connectivity index (χ1n) is 8.87. The lowest BCUT2D eigenvalue weighted by Crippen LogP contribution is -2.50. The number of nitrogens with zero attached hydrogens (tertiary/aromatic N) is 3. The van der Waals surface area contributed by atoms with Gasteiger partial charge in [-0.25, -0.2) is 5.01 Å². The average Bonchev–Trinajstić information content (AvgIpc) is 2.71. The molecule has 7 heteroatoms. The van der Waals surface area contributed by atoms with E-state index < -0.39 is 6.17 Å². The lowest BCUT2D eigenvalue weighted by atomic mass is 10.1. The summed E-state index contributed by atoms with van der Waals surface area (Å²) in [5.74, 6) is 1.29. The van der Waals surface area contributed by atoms with Crippen molar-refractivity contribution in [2.75, 3.05) is 12.9 Å². The molecule has 2 aromatic carbocycles. The van der Waals surface area contributed by atoms with Crippen molar-refractivity contribution >= 4 is 28.5 Å². The van der Waals surface area contributed by atoms with E-state index in [4.69, 9.17) is 14.8 Å². The number of methoxy groups -OCH3 is 1. The Balaban J connectivity index is 1.89. The van der Waals surface area contributed by atoms with Crippen molar-refractivity contribution in [2.45, 2.75) is 13.1 Å². The van der Waals surface area contributed by atoms with Gasteiger partial charge in [-0.15, -0.1) is 11.7 Å². The summed E-state index contributed by atoms with van der Waals surface area (Å²) >= 11 is 1.43. The topological polar surface area (TPSA) is 66.3 Å². The quantitative estimate of drug-likeness (QED) is 0.809. The van der Waals surface area contributed by atoms with Gasteiger partial charge in [0, 0.05) is 11.0 Å². The number of amidine groups is 1. The molecule has 0 bridgehead atoms. The maximum absolute atomic E-state index is 12.9. The predicted molar refractivity (Wildman–Crippen MR) is 111 cm³/mol. The zero-order chi connectivity index (χ0) is 19.7. The molecule has 0 aromatic heterocycles. The first-order chi connectivity index (χ1) is 13.6. The molecule has 0 saturated heterocycles. The van der Waals surface area contributed by atoms with Crippen molar-refractivity contribution in [3.63, 3.8) is 0 Å². The van der Waals surface area contributed by atoms with E-state index in [9.17, 15) is 4.79 Å². The maximum Gasteiger partial charge on any atom is 0.276 e. The van der Waals surface area contributed by atoms with Crippen molar-refractivity contribution in [1.29, 1.82) is 0 Å². The minimum atomic E-state index is -0.431. The van der Waals surface area contributed by atoms with Crippen LogP contribution in [0.3, 0.4) is 0 Å². The zero-order valence-corrected chi connectivity index (χ0v) is 16.5. The summed E-state index contributed by atoms with van der Waals surface area (Å²) in [6.07, 6.45) is 1.35. The second-order valence-corrected chi connectivity index (χ2v) is 7.41. The van der Waals surface area contributed by atoms with E-state index in [1.54, 1.807) is 18.2 Å². The molecule has 2 aliphatic heterocycles. The Kier molecular flexibility index (Phi) is 4.92. The summed E-state index contributed by atoms with van der Waals surface area (Å²) in [5.41, 5.74) is 2.45. The fourth-order valence-corrected chi connectivity index (χ4v) is 3.90. The monoisotopic (exact) mass is 392 g/mol. The number of hydrogen-bond acceptors (Lipinski definition) is 6. The Morgan fingerprint density at radius 1 is 1.32 bits per heavy atom. The molecule has 1 atom stereocenters. The second-order valence-electron chi connectivity index (χ2n) is 6.40. The fourth-order valence-electron chi connectivity index (χ4n) is 3.31. The van der Waals surface area contributed by atoms with Crippen molar-refractivity contribution in [2.24, 2.45) is 10.1 Å². The van der Waals surface area contributed by atoms with Gasteiger partial charge in [0.05, 0.1) is 12.5 Å². The van der Waals surface area contributed by atoms with E-state index in [1.807, 2.05) is 49.4 Å². The van der Waals surface area contributed by atoms with E-state index in [0.717, 1.165) is 27.5 Å². The molecule has 2 aliphatic rings. The molecule has 0 saturated carbocycles. The summed E-state index contributed by atoms with van der Waals surface area (Å²) < 4.78 is 5.37. The van der Waals surface area contributed by atoms with E-state index in [0.29, 0.717) is 16.6 Å². The number of ether oxygens (including phenoxy) is 1. The lowest BCUT2D eigenvalue weighted by Gasteiger charge is -2.34. The van der Waals surface area contributed by atoms with Crippen molar-refractivity contribution < 1.29 is 9.53 Å². The van der Waals surface area contributed by atoms with Crippen molar-refractivity contribution in [1.82, 2.24) is 10.3 Å². The Labute approximate surface area is 167 Å². The SMILES string of the molecule is C=CCSC1=NN2C(=c3ccccc3=N[C@@H]2c2ccc(OC)c(C)c2)C(=O)N1. The van der Waals surface area contributed by atoms with Crippen LogP contribution >= 0.6 is 11.8 Å². The number of rotatable bonds is 4. The van der Waals surface area contributed by atoms with Gasteiger partial charge in [-0.3, -0.25) is 15.1 Å². The highest BCUT2D eigenvalue weighted by Gasteiger charge is 2.34. The third kappa shape index (κ3) is 3.18. The van der Waals surface area contributed by atoms with Crippen LogP contribution in [0.4, 0.5) is 0 Å². The Hall–Kier alpha value is -3.06. The molecule has 1 N–H and O–H groups in total. The van der Waals surface area contributed by atoms with Crippen molar-refractivity contribution in [3.05, 3.63) is 76.8 Å². The van der Waals surface area contributed by atoms with Gasteiger partial charge in [-0.05, 0) is 36.2 Å². The highest BCUT2D eigenvalue weighted by Crippen LogP contribution is 2.32. The van der Waals surface area contributed by atoms with Crippen LogP contribution in [0, 0.1) is 6.92 Å². The summed E-state index contributed by atoms with van der Waals surface area (Å²) in [6.45, 7) is 5.71. The molecule has 0 unspecified atom stereocenters. The van der Waals surface area contributed by atoms with Gasteiger partial charge < -0.3 is 4.74 Å². The smallest absolute Gasteiger partial charge is 0.276 e. The largest absolute Gasteiger partial charge is 0.496 e. The number of para-hydroxylation sites is 1. The highest BCUT2D eigenvalue weighted by molar-refractivity contribution is 8.14. The van der Waals surface area contributed by atoms with Crippen LogP contribution in [0.1, 0.15) is 17.3 Å². The van der Waals surface area contributed by atoms with Crippen LogP contribution in [0.15, 0.2) is 65.2 Å². The standard InChI is InChI=1S/C21H20N4O2S/c1-4-11-28-21-23-20(26)18-15-7-5-6-8-16(15)22-19(25(18)24-21)14-9-10-17(27-3)13(2)12-14/h4-10,12,19H,1,11H2,2-3H3,(H,23,24,26)/t19-/m0/s1. The number of amides is 1. The number of hydrazone groups is 1. The van der Waals surface area contributed by atoms with E-state index in [2.05, 4.69) is 11.9 Å². The average molecular weight is 392 g/mol. The van der Waals surface area contributed by atoms with E-state index >= 15 is 0 Å². The molecular weight excluding hydrogens is 372 g/mol. The van der Waals surface area contributed by atoms with Gasteiger partial charge in [-0.2, -0.15) is 0 Å². The van der Waals surface area contributed by atoms with E-state index in [-0.39, 0.29) is 5.91 Å². The number of fused-ring (bicyclic) bond motifs is 2. The van der Waals surface area contributed by atoms with E-state index in [1.165, 1.54) is 11.8 Å². The summed E-state index contributed by atoms with van der Waals surface area (Å²) in [7, 11) is 1.65. The number of carbonyl (C=O) groups excluding carboxylic acids is 1. The molecule has 2 heterocycles. The zero-order valence-electron chi connectivity index (χ0n) is 15.7. The molecule has 2 aromatic rings. The van der Waals surface area contributed by atoms with Crippen LogP contribution in [0.2, 0.25) is 0 Å². The van der Waals surface area contributed by atoms with Gasteiger partial charge in [0.2, 0.25) is 0 Å². The van der Waals surface area contributed by atoms with Gasteiger partial charge in [-0.1, -0.05) is 42.1 Å². The fraction of sp³-hybridized carbons (Fsp3) is 0.190. The van der Waals surface area contributed by atoms with Crippen LogP contribution in [-0.4, -0.2) is 28.9 Å². The van der Waals surface area contributed by atoms with Gasteiger partial charge in [0.25, 0.3) is 5.91 Å². The number of hydrogen-bond donors (Lipinski definition) is 1. The molecule has 142 valence electrons. The molecule has 4 rings (SSSR count). The van der Waals surface area contributed by atoms with Gasteiger partial charge >= 0.3 is 0 Å². The summed E-state index contributed by atoms with van der Waals surface area (Å²) in [4.78, 5) is 17.8. The Morgan fingerprint density at radius 2 is 2.14 bits per heavy atom. The van der Waals surface area contributed by atoms with Crippen LogP contribution in [-0.2, 0) is 4.79 Å². The molecule has 0 fully saturated rings. The Morgan fingerprint density at radius 3 is 2.89 bits per heavy atom. The third-order valence-corrected chi connectivity index (χ3v) is 5.43. The number of aryl methyl sites for hydroxylation is 1. The van der Waals surface area contributed by atoms with Crippen molar-refractivity contribution in [3.8, 4) is 5.75 Å². The molecule has 0 spiro atoms. The number of nitrogens with one attached hydrogen (secondary N) is 1. The molecule has 0 radical (unpaired) electrons. The molecule has 6 nitrogen and oxygen atoms in total. The molecular formula is C21H20N4O2S. The van der Waals surface area contributed by atoms with Gasteiger partial charge in [0.15, 0.2) is 11.3 Å².